The molecule has 1 aromatic heterocycles. The van der Waals surface area contributed by atoms with Crippen molar-refractivity contribution in [2.24, 2.45) is 0 Å². The van der Waals surface area contributed by atoms with Crippen molar-refractivity contribution in [2.45, 2.75) is 45.6 Å². The third-order valence-electron chi connectivity index (χ3n) is 7.17. The number of anilines is 2. The molecule has 2 aromatic carbocycles. The summed E-state index contributed by atoms with van der Waals surface area (Å²) in [7, 11) is -3.10. The van der Waals surface area contributed by atoms with Crippen molar-refractivity contribution in [3.8, 4) is 11.3 Å². The van der Waals surface area contributed by atoms with E-state index in [0.717, 1.165) is 29.9 Å². The van der Waals surface area contributed by atoms with E-state index in [1.54, 1.807) is 10.7 Å². The van der Waals surface area contributed by atoms with Crippen LogP contribution in [0.3, 0.4) is 0 Å². The quantitative estimate of drug-likeness (QED) is 0.555. The summed E-state index contributed by atoms with van der Waals surface area (Å²) >= 11 is 0. The number of aromatic nitrogens is 2. The highest BCUT2D eigenvalue weighted by atomic mass is 32.2. The standard InChI is InChI=1S/C27H32N4O3S/c1-19-6-7-21(16-20(19)2)26-17-25(29-31(26)24-12-15-35(33,34)18-24)27(32)28-22-8-10-23(11-9-22)30-13-4-3-5-14-30/h6-11,16-17,24H,3-5,12-15,18H2,1-2H3,(H,28,32)/t24-/m0/s1. The zero-order chi connectivity index (χ0) is 24.6. The van der Waals surface area contributed by atoms with Crippen molar-refractivity contribution in [1.82, 2.24) is 9.78 Å². The van der Waals surface area contributed by atoms with Crippen molar-refractivity contribution in [3.63, 3.8) is 0 Å². The van der Waals surface area contributed by atoms with E-state index in [9.17, 15) is 13.2 Å². The second-order valence-electron chi connectivity index (χ2n) is 9.76. The van der Waals surface area contributed by atoms with Crippen LogP contribution in [0.5, 0.6) is 0 Å². The number of sulfone groups is 1. The lowest BCUT2D eigenvalue weighted by Gasteiger charge is -2.28. The molecule has 1 amide bonds. The van der Waals surface area contributed by atoms with Gasteiger partial charge in [-0.05, 0) is 87.1 Å². The van der Waals surface area contributed by atoms with Crippen LogP contribution in [0.1, 0.15) is 53.3 Å². The molecule has 1 N–H and O–H groups in total. The van der Waals surface area contributed by atoms with Crippen LogP contribution in [0.15, 0.2) is 48.5 Å². The fourth-order valence-electron chi connectivity index (χ4n) is 4.97. The van der Waals surface area contributed by atoms with E-state index in [2.05, 4.69) is 28.3 Å². The fourth-order valence-corrected chi connectivity index (χ4v) is 6.66. The number of hydrogen-bond donors (Lipinski definition) is 1. The first-order valence-electron chi connectivity index (χ1n) is 12.3. The first-order chi connectivity index (χ1) is 16.8. The Bertz CT molecular complexity index is 1340. The van der Waals surface area contributed by atoms with Gasteiger partial charge in [0.05, 0.1) is 23.2 Å². The molecule has 1 atom stereocenters. The molecule has 184 valence electrons. The molecular weight excluding hydrogens is 460 g/mol. The normalized spacial score (nSPS) is 19.6. The molecule has 8 heteroatoms. The molecule has 0 spiro atoms. The van der Waals surface area contributed by atoms with Crippen LogP contribution in [0.2, 0.25) is 0 Å². The maximum Gasteiger partial charge on any atom is 0.276 e. The average Bonchev–Trinajstić information content (AvgIpc) is 3.45. The number of hydrogen-bond acceptors (Lipinski definition) is 5. The van der Waals surface area contributed by atoms with Gasteiger partial charge in [-0.25, -0.2) is 8.42 Å². The maximum atomic E-state index is 13.1. The maximum absolute atomic E-state index is 13.1. The molecule has 7 nitrogen and oxygen atoms in total. The average molecular weight is 493 g/mol. The Hall–Kier alpha value is -3.13. The van der Waals surface area contributed by atoms with E-state index in [0.29, 0.717) is 12.1 Å². The molecule has 3 aromatic rings. The van der Waals surface area contributed by atoms with Crippen LogP contribution >= 0.6 is 0 Å². The van der Waals surface area contributed by atoms with E-state index in [1.165, 1.54) is 30.5 Å². The third kappa shape index (κ3) is 5.12. The summed E-state index contributed by atoms with van der Waals surface area (Å²) in [6, 6.07) is 15.5. The molecule has 0 saturated carbocycles. The Balaban J connectivity index is 1.41. The van der Waals surface area contributed by atoms with Gasteiger partial charge in [-0.2, -0.15) is 5.10 Å². The van der Waals surface area contributed by atoms with Crippen molar-refractivity contribution < 1.29 is 13.2 Å². The smallest absolute Gasteiger partial charge is 0.276 e. The highest BCUT2D eigenvalue weighted by Crippen LogP contribution is 2.31. The molecule has 2 fully saturated rings. The Labute approximate surface area is 207 Å². The van der Waals surface area contributed by atoms with Crippen LogP contribution in [-0.4, -0.2) is 48.7 Å². The van der Waals surface area contributed by atoms with Gasteiger partial charge in [-0.1, -0.05) is 12.1 Å². The van der Waals surface area contributed by atoms with Crippen molar-refractivity contribution in [2.75, 3.05) is 34.8 Å². The second kappa shape index (κ2) is 9.49. The molecule has 0 radical (unpaired) electrons. The van der Waals surface area contributed by atoms with Crippen molar-refractivity contribution in [1.29, 1.82) is 0 Å². The molecule has 2 saturated heterocycles. The predicted molar refractivity (Wildman–Crippen MR) is 140 cm³/mol. The van der Waals surface area contributed by atoms with Gasteiger partial charge < -0.3 is 10.2 Å². The number of benzene rings is 2. The summed E-state index contributed by atoms with van der Waals surface area (Å²) in [6.45, 7) is 6.23. The minimum absolute atomic E-state index is 0.0472. The van der Waals surface area contributed by atoms with Crippen LogP contribution in [0.25, 0.3) is 11.3 Å². The Morgan fingerprint density at radius 2 is 1.71 bits per heavy atom. The minimum Gasteiger partial charge on any atom is -0.372 e. The number of aryl methyl sites for hydroxylation is 2. The number of amides is 1. The summed E-state index contributed by atoms with van der Waals surface area (Å²) in [5.41, 5.74) is 6.16. The zero-order valence-electron chi connectivity index (χ0n) is 20.3. The number of piperidine rings is 1. The molecule has 0 aliphatic carbocycles. The number of nitrogens with one attached hydrogen (secondary N) is 1. The minimum atomic E-state index is -3.10. The predicted octanol–water partition coefficient (Wildman–Crippen LogP) is 4.77. The number of carbonyl (C=O) groups excluding carboxylic acids is 1. The SMILES string of the molecule is Cc1ccc(-c2cc(C(=O)Nc3ccc(N4CCCCC4)cc3)nn2[C@H]2CCS(=O)(=O)C2)cc1C. The molecule has 35 heavy (non-hydrogen) atoms. The monoisotopic (exact) mass is 492 g/mol. The largest absolute Gasteiger partial charge is 0.372 e. The highest BCUT2D eigenvalue weighted by molar-refractivity contribution is 7.91. The van der Waals surface area contributed by atoms with Gasteiger partial charge in [0.25, 0.3) is 5.91 Å². The first kappa shape index (κ1) is 23.6. The van der Waals surface area contributed by atoms with Gasteiger partial charge in [0.15, 0.2) is 15.5 Å². The lowest BCUT2D eigenvalue weighted by molar-refractivity contribution is 0.102. The Kier molecular flexibility index (Phi) is 6.40. The topological polar surface area (TPSA) is 84.3 Å². The van der Waals surface area contributed by atoms with E-state index >= 15 is 0 Å². The van der Waals surface area contributed by atoms with Gasteiger partial charge in [-0.3, -0.25) is 9.48 Å². The third-order valence-corrected chi connectivity index (χ3v) is 8.92. The van der Waals surface area contributed by atoms with Gasteiger partial charge >= 0.3 is 0 Å². The number of nitrogens with zero attached hydrogens (tertiary/aromatic N) is 3. The molecule has 0 bridgehead atoms. The zero-order valence-corrected chi connectivity index (χ0v) is 21.1. The van der Waals surface area contributed by atoms with E-state index in [-0.39, 0.29) is 29.1 Å². The highest BCUT2D eigenvalue weighted by Gasteiger charge is 2.32. The molecule has 0 unspecified atom stereocenters. The summed E-state index contributed by atoms with van der Waals surface area (Å²) in [5, 5.41) is 7.56. The van der Waals surface area contributed by atoms with E-state index in [4.69, 9.17) is 0 Å². The van der Waals surface area contributed by atoms with E-state index in [1.807, 2.05) is 43.3 Å². The first-order valence-corrected chi connectivity index (χ1v) is 14.2. The van der Waals surface area contributed by atoms with Crippen LogP contribution in [0, 0.1) is 13.8 Å². The number of rotatable bonds is 5. The summed E-state index contributed by atoms with van der Waals surface area (Å²) < 4.78 is 26.1. The van der Waals surface area contributed by atoms with Crippen LogP contribution in [-0.2, 0) is 9.84 Å². The molecule has 2 aliphatic rings. The lowest BCUT2D eigenvalue weighted by atomic mass is 10.0. The van der Waals surface area contributed by atoms with Crippen molar-refractivity contribution >= 4 is 27.1 Å². The molecule has 2 aliphatic heterocycles. The van der Waals surface area contributed by atoms with Gasteiger partial charge in [0, 0.05) is 30.0 Å². The fraction of sp³-hybridized carbons (Fsp3) is 0.407. The van der Waals surface area contributed by atoms with E-state index < -0.39 is 9.84 Å². The van der Waals surface area contributed by atoms with Gasteiger partial charge in [0.2, 0.25) is 0 Å². The Morgan fingerprint density at radius 1 is 0.971 bits per heavy atom. The molecule has 3 heterocycles. The van der Waals surface area contributed by atoms with Crippen LogP contribution in [0.4, 0.5) is 11.4 Å². The second-order valence-corrected chi connectivity index (χ2v) is 12.0. The molecule has 5 rings (SSSR count). The summed E-state index contributed by atoms with van der Waals surface area (Å²) in [4.78, 5) is 15.5. The lowest BCUT2D eigenvalue weighted by Crippen LogP contribution is -2.29. The summed E-state index contributed by atoms with van der Waals surface area (Å²) in [5.74, 6) is -0.110. The van der Waals surface area contributed by atoms with Crippen molar-refractivity contribution in [3.05, 3.63) is 65.4 Å². The Morgan fingerprint density at radius 3 is 2.37 bits per heavy atom. The van der Waals surface area contributed by atoms with Crippen LogP contribution < -0.4 is 10.2 Å². The molecular formula is C27H32N4O3S. The van der Waals surface area contributed by atoms with Gasteiger partial charge in [0.1, 0.15) is 0 Å². The summed E-state index contributed by atoms with van der Waals surface area (Å²) in [6.07, 6.45) is 4.22. The van der Waals surface area contributed by atoms with Gasteiger partial charge in [-0.15, -0.1) is 0 Å². The number of carbonyl (C=O) groups is 1.